The molecule has 4 aliphatic rings. The highest BCUT2D eigenvalue weighted by molar-refractivity contribution is 6.22. The molecular weight excluding hydrogens is 832 g/mol. The van der Waals surface area contributed by atoms with Gasteiger partial charge in [0, 0.05) is 26.1 Å². The van der Waals surface area contributed by atoms with Crippen LogP contribution in [0.15, 0.2) is 51.5 Å². The van der Waals surface area contributed by atoms with Gasteiger partial charge in [-0.25, -0.2) is 9.97 Å². The minimum absolute atomic E-state index is 0.0454. The summed E-state index contributed by atoms with van der Waals surface area (Å²) in [4.78, 5) is 98.4. The lowest BCUT2D eigenvalue weighted by atomic mass is 9.98. The number of carbonyl (C=O) groups excluding carboxylic acids is 6. The van der Waals surface area contributed by atoms with E-state index in [2.05, 4.69) is 32.5 Å². The van der Waals surface area contributed by atoms with Crippen LogP contribution < -0.4 is 20.7 Å². The summed E-state index contributed by atoms with van der Waals surface area (Å²) in [6.45, 7) is 13.9. The van der Waals surface area contributed by atoms with Crippen LogP contribution in [0.5, 0.6) is 5.75 Å². The highest BCUT2D eigenvalue weighted by Gasteiger charge is 2.44. The predicted octanol–water partition coefficient (Wildman–Crippen LogP) is 4.56. The molecule has 8 unspecified atom stereocenters. The molecule has 3 aromatic rings. The topological polar surface area (TPSA) is 210 Å². The molecule has 0 radical (unpaired) electrons. The summed E-state index contributed by atoms with van der Waals surface area (Å²) >= 11 is 6.31. The van der Waals surface area contributed by atoms with Crippen molar-refractivity contribution >= 4 is 47.0 Å². The SMILES string of the molecule is C=C(C)C(Cl)COc1ccc(CC2NC(=O)c3nc(oc3C)C(C(C)CC)NC(=O)C3CCCN3C(=O)C3CCCN3C(=O)C(C)NC(=O)c3coc(n3)C3CCCN3C2=O)cc1. The highest BCUT2D eigenvalue weighted by Crippen LogP contribution is 2.34. The minimum atomic E-state index is -1.10. The first-order valence-corrected chi connectivity index (χ1v) is 22.4. The zero-order chi connectivity index (χ0) is 45.1. The fraction of sp³-hybridized carbons (Fsp3) is 0.556. The Morgan fingerprint density at radius 3 is 2.16 bits per heavy atom. The van der Waals surface area contributed by atoms with Crippen molar-refractivity contribution in [1.29, 1.82) is 0 Å². The number of nitrogens with one attached hydrogen (secondary N) is 3. The Kier molecular flexibility index (Phi) is 13.9. The Bertz CT molecular complexity index is 2220. The van der Waals surface area contributed by atoms with E-state index in [1.165, 1.54) is 11.2 Å². The number of benzene rings is 1. The smallest absolute Gasteiger partial charge is 0.274 e. The fourth-order valence-corrected chi connectivity index (χ4v) is 8.85. The number of hydrogen-bond acceptors (Lipinski definition) is 11. The van der Waals surface area contributed by atoms with Gasteiger partial charge in [0.1, 0.15) is 60.6 Å². The summed E-state index contributed by atoms with van der Waals surface area (Å²) in [5, 5.41) is 8.35. The number of fused-ring (bicyclic) bond motifs is 8. The standard InChI is InChI=1S/C45H57ClN8O9/c1-7-25(4)36-42-51-37(27(6)63-42)40(57)48-31(21-28-14-16-29(17-15-28)61-22-30(46)24(2)3)44(59)53-19-9-12-34(53)41-49-32(23-62-41)38(55)47-26(5)43(58)54-20-10-13-35(54)45(60)52-18-8-11-33(52)39(56)50-36/h14-17,23,25-26,30-31,33-36H,2,7-13,18-22H2,1,3-6H3,(H,47,55)(H,48,57)(H,50,56). The Balaban J connectivity index is 1.23. The number of nitrogens with zero attached hydrogens (tertiary/aromatic N) is 5. The first-order chi connectivity index (χ1) is 30.1. The number of rotatable bonds is 8. The van der Waals surface area contributed by atoms with Gasteiger partial charge < -0.3 is 44.2 Å². The molecule has 4 bridgehead atoms. The molecule has 8 atom stereocenters. The van der Waals surface area contributed by atoms with Crippen molar-refractivity contribution in [3.05, 3.63) is 77.2 Å². The molecule has 3 fully saturated rings. The van der Waals surface area contributed by atoms with Crippen LogP contribution in [0.1, 0.15) is 129 Å². The molecule has 6 heterocycles. The summed E-state index contributed by atoms with van der Waals surface area (Å²) in [5.41, 5.74) is 1.38. The van der Waals surface area contributed by atoms with Crippen molar-refractivity contribution in [3.63, 3.8) is 0 Å². The molecule has 338 valence electrons. The van der Waals surface area contributed by atoms with E-state index >= 15 is 0 Å². The molecule has 6 amide bonds. The third-order valence-corrected chi connectivity index (χ3v) is 13.2. The van der Waals surface area contributed by atoms with E-state index in [-0.39, 0.29) is 59.2 Å². The number of ether oxygens (including phenoxy) is 1. The number of alkyl halides is 1. The molecule has 0 spiro atoms. The lowest BCUT2D eigenvalue weighted by molar-refractivity contribution is -0.147. The predicted molar refractivity (Wildman–Crippen MR) is 230 cm³/mol. The number of oxazole rings is 2. The molecule has 4 aliphatic heterocycles. The van der Waals surface area contributed by atoms with Gasteiger partial charge in [-0.05, 0) is 82.9 Å². The summed E-state index contributed by atoms with van der Waals surface area (Å²) in [5.74, 6) is -2.04. The van der Waals surface area contributed by atoms with E-state index in [1.807, 2.05) is 20.8 Å². The van der Waals surface area contributed by atoms with Crippen molar-refractivity contribution in [3.8, 4) is 5.75 Å². The summed E-state index contributed by atoms with van der Waals surface area (Å²) in [6, 6.07) is 2.02. The Labute approximate surface area is 371 Å². The lowest BCUT2D eigenvalue weighted by Gasteiger charge is -2.33. The first-order valence-electron chi connectivity index (χ1n) is 21.9. The van der Waals surface area contributed by atoms with E-state index in [1.54, 1.807) is 47.9 Å². The summed E-state index contributed by atoms with van der Waals surface area (Å²) in [7, 11) is 0. The maximum Gasteiger partial charge on any atom is 0.274 e. The monoisotopic (exact) mass is 888 g/mol. The van der Waals surface area contributed by atoms with Gasteiger partial charge in [-0.2, -0.15) is 0 Å². The van der Waals surface area contributed by atoms with Gasteiger partial charge in [-0.3, -0.25) is 28.8 Å². The van der Waals surface area contributed by atoms with Crippen LogP contribution >= 0.6 is 11.6 Å². The van der Waals surface area contributed by atoms with Gasteiger partial charge in [0.15, 0.2) is 11.4 Å². The van der Waals surface area contributed by atoms with Crippen LogP contribution in [0, 0.1) is 12.8 Å². The van der Waals surface area contributed by atoms with Crippen LogP contribution in [0.4, 0.5) is 0 Å². The minimum Gasteiger partial charge on any atom is -0.492 e. The molecule has 63 heavy (non-hydrogen) atoms. The Morgan fingerprint density at radius 2 is 1.49 bits per heavy atom. The lowest BCUT2D eigenvalue weighted by Crippen LogP contribution is -2.56. The highest BCUT2D eigenvalue weighted by atomic mass is 35.5. The number of carbonyl (C=O) groups is 6. The summed E-state index contributed by atoms with van der Waals surface area (Å²) in [6.07, 6.45) is 5.00. The van der Waals surface area contributed by atoms with E-state index in [0.29, 0.717) is 70.3 Å². The van der Waals surface area contributed by atoms with E-state index < -0.39 is 65.8 Å². The first kappa shape index (κ1) is 45.3. The zero-order valence-electron chi connectivity index (χ0n) is 36.5. The van der Waals surface area contributed by atoms with Gasteiger partial charge >= 0.3 is 0 Å². The van der Waals surface area contributed by atoms with Crippen molar-refractivity contribution in [2.45, 2.75) is 128 Å². The van der Waals surface area contributed by atoms with Crippen LogP contribution in [0.25, 0.3) is 0 Å². The van der Waals surface area contributed by atoms with E-state index in [4.69, 9.17) is 25.2 Å². The van der Waals surface area contributed by atoms with Gasteiger partial charge in [-0.1, -0.05) is 44.6 Å². The molecule has 0 aliphatic carbocycles. The van der Waals surface area contributed by atoms with E-state index in [9.17, 15) is 28.8 Å². The fourth-order valence-electron chi connectivity index (χ4n) is 8.78. The molecule has 1 aromatic carbocycles. The second kappa shape index (κ2) is 19.4. The molecule has 3 saturated heterocycles. The third-order valence-electron chi connectivity index (χ3n) is 12.7. The average Bonchev–Trinajstić information content (AvgIpc) is 4.13. The molecular formula is C45H57ClN8O9. The largest absolute Gasteiger partial charge is 0.492 e. The van der Waals surface area contributed by atoms with Crippen LogP contribution in [0.3, 0.4) is 0 Å². The number of amides is 6. The van der Waals surface area contributed by atoms with Crippen LogP contribution in [-0.2, 0) is 25.6 Å². The Hall–Kier alpha value is -5.71. The van der Waals surface area contributed by atoms with Gasteiger partial charge in [0.2, 0.25) is 35.4 Å². The van der Waals surface area contributed by atoms with Crippen molar-refractivity contribution in [1.82, 2.24) is 40.6 Å². The zero-order valence-corrected chi connectivity index (χ0v) is 37.2. The van der Waals surface area contributed by atoms with Crippen LogP contribution in [0.2, 0.25) is 0 Å². The second-order valence-electron chi connectivity index (χ2n) is 17.2. The van der Waals surface area contributed by atoms with Gasteiger partial charge in [0.05, 0.1) is 5.38 Å². The maximum atomic E-state index is 14.7. The van der Waals surface area contributed by atoms with Crippen molar-refractivity contribution < 1.29 is 42.3 Å². The average molecular weight is 889 g/mol. The second-order valence-corrected chi connectivity index (χ2v) is 17.7. The van der Waals surface area contributed by atoms with Crippen molar-refractivity contribution in [2.24, 2.45) is 5.92 Å². The maximum absolute atomic E-state index is 14.7. The third kappa shape index (κ3) is 9.77. The normalized spacial score (nSPS) is 26.0. The summed E-state index contributed by atoms with van der Waals surface area (Å²) < 4.78 is 17.8. The quantitative estimate of drug-likeness (QED) is 0.211. The molecule has 2 aromatic heterocycles. The van der Waals surface area contributed by atoms with Gasteiger partial charge in [0.25, 0.3) is 11.8 Å². The Morgan fingerprint density at radius 1 is 0.857 bits per heavy atom. The van der Waals surface area contributed by atoms with Gasteiger partial charge in [-0.15, -0.1) is 11.6 Å². The molecule has 18 heteroatoms. The number of hydrogen-bond donors (Lipinski definition) is 3. The van der Waals surface area contributed by atoms with Crippen LogP contribution in [-0.4, -0.2) is 116 Å². The molecule has 0 saturated carbocycles. The number of halogens is 1. The molecule has 3 N–H and O–H groups in total. The number of aryl methyl sites for hydroxylation is 1. The van der Waals surface area contributed by atoms with E-state index in [0.717, 1.165) is 11.1 Å². The number of aromatic nitrogens is 2. The molecule has 7 rings (SSSR count). The van der Waals surface area contributed by atoms with Crippen molar-refractivity contribution in [2.75, 3.05) is 26.2 Å². The molecule has 17 nitrogen and oxygen atoms in total.